The van der Waals surface area contributed by atoms with Gasteiger partial charge < -0.3 is 29.9 Å². The lowest BCUT2D eigenvalue weighted by Crippen LogP contribution is -2.39. The van der Waals surface area contributed by atoms with Crippen molar-refractivity contribution in [3.63, 3.8) is 0 Å². The van der Waals surface area contributed by atoms with E-state index in [4.69, 9.17) is 31.7 Å². The number of nitrogens with one attached hydrogen (secondary N) is 2. The van der Waals surface area contributed by atoms with Crippen LogP contribution in [0.15, 0.2) is 24.3 Å². The van der Waals surface area contributed by atoms with Crippen LogP contribution in [0.4, 0.5) is 17.6 Å². The maximum absolute atomic E-state index is 5.69. The van der Waals surface area contributed by atoms with Crippen molar-refractivity contribution >= 4 is 34.9 Å². The fourth-order valence-electron chi connectivity index (χ4n) is 4.99. The van der Waals surface area contributed by atoms with Gasteiger partial charge in [0.25, 0.3) is 0 Å². The number of benzene rings is 1. The highest BCUT2D eigenvalue weighted by Gasteiger charge is 2.24. The monoisotopic (exact) mass is 496 g/mol. The predicted molar refractivity (Wildman–Crippen MR) is 144 cm³/mol. The second-order valence-corrected chi connectivity index (χ2v) is 10.3. The van der Waals surface area contributed by atoms with E-state index in [0.717, 1.165) is 54.3 Å². The van der Waals surface area contributed by atoms with E-state index in [1.54, 1.807) is 0 Å². The molecular weight excluding hydrogens is 460 g/mol. The molecule has 0 bridgehead atoms. The minimum atomic E-state index is 0.473. The Morgan fingerprint density at radius 2 is 1.74 bits per heavy atom. The Hall–Kier alpha value is -2.81. The molecule has 0 aliphatic carbocycles. The molecular formula is C26H36N6O2S. The number of thiocarbonyl (C=S) groups is 1. The highest BCUT2D eigenvalue weighted by Crippen LogP contribution is 2.31. The summed E-state index contributed by atoms with van der Waals surface area (Å²) in [7, 11) is 0. The summed E-state index contributed by atoms with van der Waals surface area (Å²) in [6.45, 7) is 9.44. The summed E-state index contributed by atoms with van der Waals surface area (Å²) < 4.78 is 11.3. The number of hydrogen-bond donors (Lipinski definition) is 2. The maximum atomic E-state index is 5.69. The first kappa shape index (κ1) is 23.9. The van der Waals surface area contributed by atoms with E-state index in [9.17, 15) is 0 Å². The molecule has 1 aromatic carbocycles. The predicted octanol–water partition coefficient (Wildman–Crippen LogP) is 4.35. The zero-order valence-corrected chi connectivity index (χ0v) is 21.6. The zero-order chi connectivity index (χ0) is 24.2. The molecule has 2 N–H and O–H groups in total. The first-order valence-electron chi connectivity index (χ1n) is 12.9. The summed E-state index contributed by atoms with van der Waals surface area (Å²) in [5, 5.41) is 7.03. The SMILES string of the molecule is CC1CCN(c2cc(N3CCCC[C@@H]3C)nc(NC(=S)NCc3ccc4c(c3)OCCO4)n2)CC1. The van der Waals surface area contributed by atoms with Gasteiger partial charge in [0.15, 0.2) is 16.6 Å². The number of fused-ring (bicyclic) bond motifs is 1. The lowest BCUT2D eigenvalue weighted by molar-refractivity contribution is 0.171. The van der Waals surface area contributed by atoms with Gasteiger partial charge in [-0.2, -0.15) is 9.97 Å². The van der Waals surface area contributed by atoms with Crippen LogP contribution in [0.25, 0.3) is 0 Å². The Bertz CT molecular complexity index is 1040. The Kier molecular flexibility index (Phi) is 7.41. The molecule has 0 radical (unpaired) electrons. The highest BCUT2D eigenvalue weighted by molar-refractivity contribution is 7.80. The number of ether oxygens (including phenoxy) is 2. The molecule has 188 valence electrons. The van der Waals surface area contributed by atoms with E-state index >= 15 is 0 Å². The van der Waals surface area contributed by atoms with Crippen LogP contribution < -0.4 is 29.9 Å². The van der Waals surface area contributed by atoms with Crippen molar-refractivity contribution in [2.45, 2.75) is 58.5 Å². The van der Waals surface area contributed by atoms with Gasteiger partial charge in [-0.05, 0) is 74.9 Å². The normalized spacial score (nSPS) is 20.5. The van der Waals surface area contributed by atoms with Gasteiger partial charge >= 0.3 is 0 Å². The molecule has 3 aliphatic rings. The Morgan fingerprint density at radius 3 is 2.54 bits per heavy atom. The molecule has 0 saturated carbocycles. The average molecular weight is 497 g/mol. The topological polar surface area (TPSA) is 74.8 Å². The van der Waals surface area contributed by atoms with Crippen LogP contribution in [0, 0.1) is 5.92 Å². The van der Waals surface area contributed by atoms with Crippen LogP contribution in [0.1, 0.15) is 51.5 Å². The smallest absolute Gasteiger partial charge is 0.232 e. The van der Waals surface area contributed by atoms with Gasteiger partial charge in [-0.25, -0.2) is 0 Å². The molecule has 0 spiro atoms. The second-order valence-electron chi connectivity index (χ2n) is 9.90. The van der Waals surface area contributed by atoms with E-state index in [1.165, 1.54) is 32.1 Å². The molecule has 0 amide bonds. The van der Waals surface area contributed by atoms with Crippen LogP contribution in [-0.2, 0) is 6.54 Å². The molecule has 1 aromatic heterocycles. The second kappa shape index (κ2) is 10.8. The number of aromatic nitrogens is 2. The number of anilines is 3. The van der Waals surface area contributed by atoms with Crippen LogP contribution in [-0.4, -0.2) is 54.0 Å². The van der Waals surface area contributed by atoms with E-state index in [2.05, 4.69) is 40.3 Å². The van der Waals surface area contributed by atoms with Crippen LogP contribution >= 0.6 is 12.2 Å². The third-order valence-corrected chi connectivity index (χ3v) is 7.44. The lowest BCUT2D eigenvalue weighted by Gasteiger charge is -2.36. The molecule has 5 rings (SSSR count). The average Bonchev–Trinajstić information content (AvgIpc) is 2.88. The van der Waals surface area contributed by atoms with Crippen molar-refractivity contribution in [3.05, 3.63) is 29.8 Å². The third-order valence-electron chi connectivity index (χ3n) is 7.19. The van der Waals surface area contributed by atoms with Gasteiger partial charge in [-0.15, -0.1) is 0 Å². The van der Waals surface area contributed by atoms with E-state index in [1.807, 2.05) is 18.2 Å². The van der Waals surface area contributed by atoms with Gasteiger partial charge in [0, 0.05) is 38.3 Å². The van der Waals surface area contributed by atoms with Gasteiger partial charge in [-0.1, -0.05) is 13.0 Å². The quantitative estimate of drug-likeness (QED) is 0.588. The number of nitrogens with zero attached hydrogens (tertiary/aromatic N) is 4. The molecule has 4 heterocycles. The molecule has 1 atom stereocenters. The first-order valence-corrected chi connectivity index (χ1v) is 13.3. The van der Waals surface area contributed by atoms with Crippen molar-refractivity contribution in [3.8, 4) is 11.5 Å². The van der Waals surface area contributed by atoms with Crippen molar-refractivity contribution in [1.82, 2.24) is 15.3 Å². The van der Waals surface area contributed by atoms with Crippen molar-refractivity contribution in [1.29, 1.82) is 0 Å². The standard InChI is InChI=1S/C26H36N6O2S/c1-18-8-11-31(12-9-18)23-16-24(32-10-4-3-5-19(32)2)29-25(28-23)30-26(35)27-17-20-6-7-21-22(15-20)34-14-13-33-21/h6-7,15-16,18-19H,3-5,8-14,17H2,1-2H3,(H2,27,28,29,30,35)/t19-/m0/s1. The molecule has 2 saturated heterocycles. The summed E-state index contributed by atoms with van der Waals surface area (Å²) in [5.41, 5.74) is 1.07. The molecule has 2 fully saturated rings. The molecule has 9 heteroatoms. The summed E-state index contributed by atoms with van der Waals surface area (Å²) in [4.78, 5) is 14.6. The summed E-state index contributed by atoms with van der Waals surface area (Å²) in [6.07, 6.45) is 6.05. The van der Waals surface area contributed by atoms with Gasteiger partial charge in [0.2, 0.25) is 5.95 Å². The number of rotatable bonds is 5. The highest BCUT2D eigenvalue weighted by atomic mass is 32.1. The third kappa shape index (κ3) is 5.89. The number of hydrogen-bond acceptors (Lipinski definition) is 7. The summed E-state index contributed by atoms with van der Waals surface area (Å²) in [6, 6.07) is 8.59. The van der Waals surface area contributed by atoms with Crippen LogP contribution in [0.3, 0.4) is 0 Å². The van der Waals surface area contributed by atoms with Crippen molar-refractivity contribution in [2.24, 2.45) is 5.92 Å². The van der Waals surface area contributed by atoms with Gasteiger partial charge in [-0.3, -0.25) is 0 Å². The minimum Gasteiger partial charge on any atom is -0.486 e. The van der Waals surface area contributed by atoms with Crippen molar-refractivity contribution < 1.29 is 9.47 Å². The molecule has 3 aliphatic heterocycles. The van der Waals surface area contributed by atoms with E-state index in [0.29, 0.717) is 36.9 Å². The maximum Gasteiger partial charge on any atom is 0.232 e. The molecule has 35 heavy (non-hydrogen) atoms. The summed E-state index contributed by atoms with van der Waals surface area (Å²) in [5.74, 6) is 4.85. The van der Waals surface area contributed by atoms with E-state index in [-0.39, 0.29) is 0 Å². The molecule has 8 nitrogen and oxygen atoms in total. The zero-order valence-electron chi connectivity index (χ0n) is 20.8. The lowest BCUT2D eigenvalue weighted by atomic mass is 9.99. The minimum absolute atomic E-state index is 0.473. The van der Waals surface area contributed by atoms with E-state index < -0.39 is 0 Å². The molecule has 2 aromatic rings. The van der Waals surface area contributed by atoms with Crippen LogP contribution in [0.2, 0.25) is 0 Å². The van der Waals surface area contributed by atoms with Gasteiger partial charge in [0.1, 0.15) is 24.8 Å². The number of piperidine rings is 2. The largest absolute Gasteiger partial charge is 0.486 e. The van der Waals surface area contributed by atoms with Gasteiger partial charge in [0.05, 0.1) is 0 Å². The van der Waals surface area contributed by atoms with Crippen LogP contribution in [0.5, 0.6) is 11.5 Å². The fourth-order valence-corrected chi connectivity index (χ4v) is 5.15. The Labute approximate surface area is 213 Å². The molecule has 0 unspecified atom stereocenters. The fraction of sp³-hybridized carbons (Fsp3) is 0.577. The first-order chi connectivity index (χ1) is 17.0. The summed E-state index contributed by atoms with van der Waals surface area (Å²) >= 11 is 5.61. The van der Waals surface area contributed by atoms with Crippen molar-refractivity contribution in [2.75, 3.05) is 48.0 Å². The Balaban J connectivity index is 1.29. The Morgan fingerprint density at radius 1 is 0.971 bits per heavy atom.